The van der Waals surface area contributed by atoms with Gasteiger partial charge in [0.05, 0.1) is 12.8 Å². The number of carbonyl (C=O) groups excluding carboxylic acids is 2. The zero-order valence-electron chi connectivity index (χ0n) is 22.5. The van der Waals surface area contributed by atoms with Gasteiger partial charge >= 0.3 is 11.9 Å². The molecule has 0 fully saturated rings. The molecule has 0 aromatic carbocycles. The maximum Gasteiger partial charge on any atom is 0.306 e. The molecule has 0 saturated carbocycles. The van der Waals surface area contributed by atoms with E-state index in [4.69, 9.17) is 9.47 Å². The smallest absolute Gasteiger partial charge is 0.306 e. The van der Waals surface area contributed by atoms with Crippen molar-refractivity contribution in [1.29, 1.82) is 0 Å². The predicted molar refractivity (Wildman–Crippen MR) is 144 cm³/mol. The Morgan fingerprint density at radius 3 is 1.15 bits per heavy atom. The van der Waals surface area contributed by atoms with Crippen LogP contribution in [0.15, 0.2) is 24.3 Å². The Bertz CT molecular complexity index is 464. The van der Waals surface area contributed by atoms with Crippen LogP contribution in [0.2, 0.25) is 0 Å². The molecule has 0 N–H and O–H groups in total. The summed E-state index contributed by atoms with van der Waals surface area (Å²) in [6, 6.07) is 0. The SMILES string of the molecule is CCCCCCCCCC/C=C/COC(=O)CCC(=O)OC/C=C/CCCCCCCCCC. The zero-order valence-corrected chi connectivity index (χ0v) is 22.5. The summed E-state index contributed by atoms with van der Waals surface area (Å²) >= 11 is 0. The largest absolute Gasteiger partial charge is 0.461 e. The fourth-order valence-corrected chi connectivity index (χ4v) is 3.79. The molecule has 34 heavy (non-hydrogen) atoms. The Hall–Kier alpha value is -1.58. The summed E-state index contributed by atoms with van der Waals surface area (Å²) in [5.41, 5.74) is 0. The van der Waals surface area contributed by atoms with Crippen LogP contribution in [0.1, 0.15) is 142 Å². The maximum atomic E-state index is 11.7. The second-order valence-corrected chi connectivity index (χ2v) is 9.34. The lowest BCUT2D eigenvalue weighted by atomic mass is 10.1. The summed E-state index contributed by atoms with van der Waals surface area (Å²) < 4.78 is 10.3. The molecule has 4 heteroatoms. The summed E-state index contributed by atoms with van der Waals surface area (Å²) in [4.78, 5) is 23.5. The van der Waals surface area contributed by atoms with E-state index < -0.39 is 0 Å². The standard InChI is InChI=1S/C30H54O4/c1-3-5-7-9-11-13-15-17-19-21-23-27-33-29(31)25-26-30(32)34-28-24-22-20-18-16-14-12-10-8-6-4-2/h21-24H,3-20,25-28H2,1-2H3/b23-21+,24-22+. The minimum atomic E-state index is -0.348. The minimum Gasteiger partial charge on any atom is -0.461 e. The van der Waals surface area contributed by atoms with Crippen molar-refractivity contribution < 1.29 is 19.1 Å². The van der Waals surface area contributed by atoms with E-state index in [1.165, 1.54) is 103 Å². The molecular weight excluding hydrogens is 424 g/mol. The van der Waals surface area contributed by atoms with Gasteiger partial charge in [-0.3, -0.25) is 9.59 Å². The van der Waals surface area contributed by atoms with Gasteiger partial charge in [-0.25, -0.2) is 0 Å². The van der Waals surface area contributed by atoms with Crippen molar-refractivity contribution in [2.45, 2.75) is 142 Å². The number of allylic oxidation sites excluding steroid dienone is 2. The van der Waals surface area contributed by atoms with Crippen LogP contribution in [0.3, 0.4) is 0 Å². The highest BCUT2D eigenvalue weighted by Gasteiger charge is 2.08. The van der Waals surface area contributed by atoms with E-state index in [0.717, 1.165) is 12.8 Å². The molecule has 4 nitrogen and oxygen atoms in total. The molecule has 0 bridgehead atoms. The molecule has 0 unspecified atom stereocenters. The first-order chi connectivity index (χ1) is 16.7. The molecule has 0 aliphatic rings. The number of hydrogen-bond acceptors (Lipinski definition) is 4. The Morgan fingerprint density at radius 2 is 0.794 bits per heavy atom. The van der Waals surface area contributed by atoms with Gasteiger partial charge in [-0.2, -0.15) is 0 Å². The van der Waals surface area contributed by atoms with Crippen molar-refractivity contribution in [1.82, 2.24) is 0 Å². The van der Waals surface area contributed by atoms with Crippen molar-refractivity contribution in [2.24, 2.45) is 0 Å². The Labute approximate surface area is 210 Å². The van der Waals surface area contributed by atoms with Gasteiger partial charge in [0.2, 0.25) is 0 Å². The van der Waals surface area contributed by atoms with Gasteiger partial charge in [0, 0.05) is 0 Å². The molecule has 0 aromatic rings. The van der Waals surface area contributed by atoms with E-state index in [0.29, 0.717) is 0 Å². The number of hydrogen-bond donors (Lipinski definition) is 0. The van der Waals surface area contributed by atoms with Crippen LogP contribution in [0.5, 0.6) is 0 Å². The highest BCUT2D eigenvalue weighted by atomic mass is 16.5. The van der Waals surface area contributed by atoms with E-state index in [9.17, 15) is 9.59 Å². The Morgan fingerprint density at radius 1 is 0.471 bits per heavy atom. The summed E-state index contributed by atoms with van der Waals surface area (Å²) in [5.74, 6) is -0.696. The number of unbranched alkanes of at least 4 members (excludes halogenated alkanes) is 16. The monoisotopic (exact) mass is 478 g/mol. The molecule has 0 amide bonds. The number of carbonyl (C=O) groups is 2. The molecule has 0 rings (SSSR count). The number of ether oxygens (including phenoxy) is 2. The zero-order chi connectivity index (χ0) is 25.0. The lowest BCUT2D eigenvalue weighted by molar-refractivity contribution is -0.149. The van der Waals surface area contributed by atoms with Crippen molar-refractivity contribution in [3.05, 3.63) is 24.3 Å². The topological polar surface area (TPSA) is 52.6 Å². The van der Waals surface area contributed by atoms with E-state index >= 15 is 0 Å². The summed E-state index contributed by atoms with van der Waals surface area (Å²) in [7, 11) is 0. The quantitative estimate of drug-likeness (QED) is 0.0746. The molecule has 0 aliphatic heterocycles. The van der Waals surface area contributed by atoms with Crippen LogP contribution in [0, 0.1) is 0 Å². The van der Waals surface area contributed by atoms with Crippen LogP contribution in [0.4, 0.5) is 0 Å². The van der Waals surface area contributed by atoms with Crippen molar-refractivity contribution in [2.75, 3.05) is 13.2 Å². The molecule has 0 radical (unpaired) electrons. The average molecular weight is 479 g/mol. The molecule has 0 heterocycles. The van der Waals surface area contributed by atoms with Crippen LogP contribution in [-0.4, -0.2) is 25.2 Å². The summed E-state index contributed by atoms with van der Waals surface area (Å²) in [6.45, 7) is 5.06. The third-order valence-corrected chi connectivity index (χ3v) is 6.00. The van der Waals surface area contributed by atoms with Gasteiger partial charge in [-0.15, -0.1) is 0 Å². The Kier molecular flexibility index (Phi) is 26.4. The van der Waals surface area contributed by atoms with Crippen LogP contribution >= 0.6 is 0 Å². The van der Waals surface area contributed by atoms with E-state index in [2.05, 4.69) is 26.0 Å². The number of rotatable bonds is 25. The molecule has 0 atom stereocenters. The molecule has 0 spiro atoms. The van der Waals surface area contributed by atoms with Crippen molar-refractivity contribution in [3.63, 3.8) is 0 Å². The third-order valence-electron chi connectivity index (χ3n) is 6.00. The fourth-order valence-electron chi connectivity index (χ4n) is 3.79. The number of esters is 2. The second-order valence-electron chi connectivity index (χ2n) is 9.34. The van der Waals surface area contributed by atoms with Crippen molar-refractivity contribution in [3.8, 4) is 0 Å². The highest BCUT2D eigenvalue weighted by molar-refractivity contribution is 5.77. The predicted octanol–water partition coefficient (Wildman–Crippen LogP) is 9.03. The lowest BCUT2D eigenvalue weighted by Crippen LogP contribution is -2.10. The average Bonchev–Trinajstić information content (AvgIpc) is 2.84. The van der Waals surface area contributed by atoms with Gasteiger partial charge < -0.3 is 9.47 Å². The van der Waals surface area contributed by atoms with Gasteiger partial charge in [0.1, 0.15) is 13.2 Å². The van der Waals surface area contributed by atoms with E-state index in [1.54, 1.807) is 0 Å². The van der Waals surface area contributed by atoms with E-state index in [-0.39, 0.29) is 38.0 Å². The normalized spacial score (nSPS) is 11.5. The highest BCUT2D eigenvalue weighted by Crippen LogP contribution is 2.10. The first-order valence-electron chi connectivity index (χ1n) is 14.3. The molecule has 0 saturated heterocycles. The minimum absolute atomic E-state index is 0.0761. The Balaban J connectivity index is 3.44. The molecule has 0 aromatic heterocycles. The first kappa shape index (κ1) is 32.4. The maximum absolute atomic E-state index is 11.7. The lowest BCUT2D eigenvalue weighted by Gasteiger charge is -2.03. The molecule has 0 aliphatic carbocycles. The van der Waals surface area contributed by atoms with Crippen molar-refractivity contribution >= 4 is 11.9 Å². The van der Waals surface area contributed by atoms with Gasteiger partial charge in [0.25, 0.3) is 0 Å². The van der Waals surface area contributed by atoms with Gasteiger partial charge in [-0.1, -0.05) is 128 Å². The van der Waals surface area contributed by atoms with Crippen LogP contribution in [0.25, 0.3) is 0 Å². The first-order valence-corrected chi connectivity index (χ1v) is 14.3. The molecular formula is C30H54O4. The van der Waals surface area contributed by atoms with Crippen LogP contribution in [-0.2, 0) is 19.1 Å². The van der Waals surface area contributed by atoms with E-state index in [1.807, 2.05) is 12.2 Å². The second kappa shape index (κ2) is 27.7. The third kappa shape index (κ3) is 26.7. The van der Waals surface area contributed by atoms with Gasteiger partial charge in [0.15, 0.2) is 0 Å². The van der Waals surface area contributed by atoms with Crippen LogP contribution < -0.4 is 0 Å². The summed E-state index contributed by atoms with van der Waals surface area (Å²) in [5, 5.41) is 0. The van der Waals surface area contributed by atoms with Gasteiger partial charge in [-0.05, 0) is 25.7 Å². The fraction of sp³-hybridized carbons (Fsp3) is 0.800. The summed E-state index contributed by atoms with van der Waals surface area (Å²) in [6.07, 6.45) is 31.2. The molecule has 198 valence electrons.